The van der Waals surface area contributed by atoms with Crippen molar-refractivity contribution in [3.8, 4) is 11.5 Å². The lowest BCUT2D eigenvalue weighted by Crippen LogP contribution is -2.06. The van der Waals surface area contributed by atoms with Crippen LogP contribution in [0.4, 0.5) is 0 Å². The van der Waals surface area contributed by atoms with Crippen molar-refractivity contribution in [2.75, 3.05) is 7.11 Å². The Balaban J connectivity index is 1.79. The molecule has 0 aliphatic heterocycles. The maximum atomic E-state index is 11.1. The van der Waals surface area contributed by atoms with Crippen LogP contribution in [0.1, 0.15) is 16.3 Å². The molecule has 1 aromatic carbocycles. The van der Waals surface area contributed by atoms with E-state index in [1.54, 1.807) is 43.5 Å². The van der Waals surface area contributed by atoms with Crippen molar-refractivity contribution in [1.29, 1.82) is 0 Å². The molecule has 112 valence electrons. The second kappa shape index (κ2) is 5.72. The summed E-state index contributed by atoms with van der Waals surface area (Å²) in [5, 5.41) is 13.3. The summed E-state index contributed by atoms with van der Waals surface area (Å²) in [4.78, 5) is 15.4. The van der Waals surface area contributed by atoms with Gasteiger partial charge in [-0.05, 0) is 36.4 Å². The van der Waals surface area contributed by atoms with Gasteiger partial charge in [-0.15, -0.1) is 5.10 Å². The van der Waals surface area contributed by atoms with Gasteiger partial charge in [0.2, 0.25) is 0 Å². The molecule has 1 N–H and O–H groups in total. The summed E-state index contributed by atoms with van der Waals surface area (Å²) in [6.07, 6.45) is 0. The molecule has 0 radical (unpaired) electrons. The Morgan fingerprint density at radius 2 is 1.91 bits per heavy atom. The molecule has 3 aromatic rings. The van der Waals surface area contributed by atoms with Crippen molar-refractivity contribution in [2.24, 2.45) is 0 Å². The predicted molar refractivity (Wildman–Crippen MR) is 77.3 cm³/mol. The molecule has 3 rings (SSSR count). The number of carbonyl (C=O) groups is 1. The highest BCUT2D eigenvalue weighted by atomic mass is 16.5. The summed E-state index contributed by atoms with van der Waals surface area (Å²) < 4.78 is 11.9. The molecular formula is C15H13N3O4. The maximum Gasteiger partial charge on any atom is 0.354 e. The topological polar surface area (TPSA) is 86.0 Å². The van der Waals surface area contributed by atoms with Crippen molar-refractivity contribution < 1.29 is 19.4 Å². The Bertz CT molecular complexity index is 811. The van der Waals surface area contributed by atoms with Crippen molar-refractivity contribution >= 4 is 11.6 Å². The molecule has 22 heavy (non-hydrogen) atoms. The van der Waals surface area contributed by atoms with E-state index in [9.17, 15) is 4.79 Å². The van der Waals surface area contributed by atoms with Crippen molar-refractivity contribution in [1.82, 2.24) is 14.6 Å². The lowest BCUT2D eigenvalue weighted by Gasteiger charge is -2.04. The Labute approximate surface area is 125 Å². The summed E-state index contributed by atoms with van der Waals surface area (Å²) in [5.41, 5.74) is 0.522. The van der Waals surface area contributed by atoms with Gasteiger partial charge in [-0.25, -0.2) is 14.3 Å². The molecule has 0 spiro atoms. The Hall–Kier alpha value is -3.09. The number of hydrogen-bond donors (Lipinski definition) is 1. The van der Waals surface area contributed by atoms with Crippen LogP contribution in [-0.4, -0.2) is 32.8 Å². The first kappa shape index (κ1) is 13.9. The number of pyridine rings is 1. The van der Waals surface area contributed by atoms with Gasteiger partial charge >= 0.3 is 5.97 Å². The number of ether oxygens (including phenoxy) is 2. The first-order valence-electron chi connectivity index (χ1n) is 6.52. The molecule has 0 fully saturated rings. The van der Waals surface area contributed by atoms with Crippen LogP contribution in [-0.2, 0) is 6.61 Å². The molecule has 0 saturated heterocycles. The summed E-state index contributed by atoms with van der Waals surface area (Å²) >= 11 is 0. The predicted octanol–water partition coefficient (Wildman–Crippen LogP) is 2.02. The Morgan fingerprint density at radius 3 is 2.59 bits per heavy atom. The molecule has 0 aliphatic rings. The minimum atomic E-state index is -1.06. The highest BCUT2D eigenvalue weighted by molar-refractivity contribution is 5.86. The van der Waals surface area contributed by atoms with Gasteiger partial charge in [-0.1, -0.05) is 6.07 Å². The lowest BCUT2D eigenvalue weighted by molar-refractivity contribution is 0.0687. The van der Waals surface area contributed by atoms with Crippen LogP contribution in [0.3, 0.4) is 0 Å². The van der Waals surface area contributed by atoms with E-state index >= 15 is 0 Å². The number of carboxylic acid groups (broad SMARTS) is 1. The summed E-state index contributed by atoms with van der Waals surface area (Å²) in [7, 11) is 1.59. The lowest BCUT2D eigenvalue weighted by atomic mass is 10.3. The second-order valence-corrected chi connectivity index (χ2v) is 4.48. The van der Waals surface area contributed by atoms with Crippen LogP contribution < -0.4 is 9.47 Å². The fourth-order valence-electron chi connectivity index (χ4n) is 1.99. The third kappa shape index (κ3) is 2.69. The van der Waals surface area contributed by atoms with Gasteiger partial charge in [0, 0.05) is 0 Å². The van der Waals surface area contributed by atoms with Crippen LogP contribution >= 0.6 is 0 Å². The van der Waals surface area contributed by atoms with E-state index in [2.05, 4.69) is 10.1 Å². The van der Waals surface area contributed by atoms with E-state index in [4.69, 9.17) is 14.6 Å². The number of aromatic nitrogens is 3. The molecule has 2 aromatic heterocycles. The van der Waals surface area contributed by atoms with Crippen LogP contribution in [0.15, 0.2) is 42.5 Å². The molecular weight excluding hydrogens is 286 g/mol. The minimum Gasteiger partial charge on any atom is -0.497 e. The normalized spacial score (nSPS) is 10.6. The highest BCUT2D eigenvalue weighted by Crippen LogP contribution is 2.18. The summed E-state index contributed by atoms with van der Waals surface area (Å²) in [6, 6.07) is 11.9. The zero-order valence-electron chi connectivity index (χ0n) is 11.8. The average Bonchev–Trinajstić information content (AvgIpc) is 2.96. The smallest absolute Gasteiger partial charge is 0.354 e. The number of fused-ring (bicyclic) bond motifs is 1. The SMILES string of the molecule is COc1ccc(OCc2nc3cccc(C(=O)O)n3n2)cc1. The number of benzene rings is 1. The van der Waals surface area contributed by atoms with E-state index in [1.807, 2.05) is 0 Å². The summed E-state index contributed by atoms with van der Waals surface area (Å²) in [5.74, 6) is 0.741. The van der Waals surface area contributed by atoms with Crippen LogP contribution in [0, 0.1) is 0 Å². The van der Waals surface area contributed by atoms with Gasteiger partial charge in [0.1, 0.15) is 18.1 Å². The van der Waals surface area contributed by atoms with Gasteiger partial charge < -0.3 is 14.6 Å². The maximum absolute atomic E-state index is 11.1. The molecule has 0 atom stereocenters. The van der Waals surface area contributed by atoms with Crippen molar-refractivity contribution in [3.63, 3.8) is 0 Å². The zero-order valence-corrected chi connectivity index (χ0v) is 11.8. The highest BCUT2D eigenvalue weighted by Gasteiger charge is 2.12. The average molecular weight is 299 g/mol. The largest absolute Gasteiger partial charge is 0.497 e. The third-order valence-corrected chi connectivity index (χ3v) is 3.05. The molecule has 7 nitrogen and oxygen atoms in total. The first-order valence-corrected chi connectivity index (χ1v) is 6.52. The zero-order chi connectivity index (χ0) is 15.5. The molecule has 7 heteroatoms. The number of nitrogens with zero attached hydrogens (tertiary/aromatic N) is 3. The monoisotopic (exact) mass is 299 g/mol. The molecule has 2 heterocycles. The van der Waals surface area contributed by atoms with Gasteiger partial charge in [0.15, 0.2) is 17.2 Å². The van der Waals surface area contributed by atoms with Crippen LogP contribution in [0.2, 0.25) is 0 Å². The Kier molecular flexibility index (Phi) is 3.61. The van der Waals surface area contributed by atoms with E-state index in [0.29, 0.717) is 17.2 Å². The van der Waals surface area contributed by atoms with Gasteiger partial charge in [0.25, 0.3) is 0 Å². The summed E-state index contributed by atoms with van der Waals surface area (Å²) in [6.45, 7) is 0.146. The molecule has 0 unspecified atom stereocenters. The van der Waals surface area contributed by atoms with Crippen LogP contribution in [0.25, 0.3) is 5.65 Å². The molecule has 0 bridgehead atoms. The molecule has 0 saturated carbocycles. The molecule has 0 aliphatic carbocycles. The van der Waals surface area contributed by atoms with E-state index in [0.717, 1.165) is 5.75 Å². The number of rotatable bonds is 5. The molecule has 0 amide bonds. The number of methoxy groups -OCH3 is 1. The van der Waals surface area contributed by atoms with E-state index in [-0.39, 0.29) is 12.3 Å². The van der Waals surface area contributed by atoms with Gasteiger partial charge in [-0.2, -0.15) is 0 Å². The van der Waals surface area contributed by atoms with E-state index in [1.165, 1.54) is 10.6 Å². The quantitative estimate of drug-likeness (QED) is 0.775. The third-order valence-electron chi connectivity index (χ3n) is 3.05. The fraction of sp³-hybridized carbons (Fsp3) is 0.133. The minimum absolute atomic E-state index is 0.0562. The van der Waals surface area contributed by atoms with E-state index < -0.39 is 5.97 Å². The standard InChI is InChI=1S/C15H13N3O4/c1-21-10-5-7-11(8-6-10)22-9-13-16-14-4-2-3-12(15(19)20)18(14)17-13/h2-8H,9H2,1H3,(H,19,20). The first-order chi connectivity index (χ1) is 10.7. The number of carboxylic acids is 1. The second-order valence-electron chi connectivity index (χ2n) is 4.48. The fourth-order valence-corrected chi connectivity index (χ4v) is 1.99. The van der Waals surface area contributed by atoms with Crippen molar-refractivity contribution in [2.45, 2.75) is 6.61 Å². The van der Waals surface area contributed by atoms with Gasteiger partial charge in [0.05, 0.1) is 7.11 Å². The number of hydrogen-bond acceptors (Lipinski definition) is 5. The van der Waals surface area contributed by atoms with Crippen molar-refractivity contribution in [3.05, 3.63) is 54.0 Å². The Morgan fingerprint density at radius 1 is 1.18 bits per heavy atom. The van der Waals surface area contributed by atoms with Crippen LogP contribution in [0.5, 0.6) is 11.5 Å². The number of aromatic carboxylic acids is 1. The van der Waals surface area contributed by atoms with Gasteiger partial charge in [-0.3, -0.25) is 0 Å².